The van der Waals surface area contributed by atoms with E-state index in [9.17, 15) is 14.0 Å². The second kappa shape index (κ2) is 11.4. The molecule has 0 bridgehead atoms. The van der Waals surface area contributed by atoms with Crippen LogP contribution in [0.5, 0.6) is 0 Å². The van der Waals surface area contributed by atoms with Crippen molar-refractivity contribution >= 4 is 17.6 Å². The minimum atomic E-state index is -0.439. The van der Waals surface area contributed by atoms with Gasteiger partial charge in [0.1, 0.15) is 18.2 Å². The molecule has 0 aliphatic heterocycles. The largest absolute Gasteiger partial charge is 0.383 e. The van der Waals surface area contributed by atoms with Gasteiger partial charge in [-0.05, 0) is 43.3 Å². The number of ether oxygens (including phenoxy) is 1. The highest BCUT2D eigenvalue weighted by Gasteiger charge is 2.21. The van der Waals surface area contributed by atoms with E-state index in [1.807, 2.05) is 61.5 Å². The van der Waals surface area contributed by atoms with Gasteiger partial charge < -0.3 is 15.0 Å². The molecule has 4 rings (SSSR count). The number of aromatic nitrogens is 2. The Morgan fingerprint density at radius 3 is 2.36 bits per heavy atom. The van der Waals surface area contributed by atoms with E-state index < -0.39 is 11.7 Å². The molecule has 0 saturated carbocycles. The van der Waals surface area contributed by atoms with E-state index in [1.54, 1.807) is 10.7 Å². The van der Waals surface area contributed by atoms with E-state index in [-0.39, 0.29) is 31.2 Å². The van der Waals surface area contributed by atoms with Crippen molar-refractivity contribution < 1.29 is 18.7 Å². The minimum absolute atomic E-state index is 0.201. The van der Waals surface area contributed by atoms with Crippen molar-refractivity contribution in [2.24, 2.45) is 0 Å². The van der Waals surface area contributed by atoms with Gasteiger partial charge in [0.15, 0.2) is 0 Å². The van der Waals surface area contributed by atoms with Crippen molar-refractivity contribution in [2.45, 2.75) is 6.92 Å². The zero-order valence-electron chi connectivity index (χ0n) is 20.1. The predicted molar refractivity (Wildman–Crippen MR) is 137 cm³/mol. The van der Waals surface area contributed by atoms with Crippen LogP contribution in [0.4, 0.5) is 10.2 Å². The standard InChI is InChI=1S/C28H27FN4O3/c1-20-8-14-24(15-9-20)33-26(18-25(31-33)21-6-4-3-5-7-21)30-27(34)19-32(16-17-36-2)28(35)22-10-12-23(29)13-11-22/h3-15,18H,16-17,19H2,1-2H3,(H,30,34). The molecule has 2 amide bonds. The Labute approximate surface area is 209 Å². The van der Waals surface area contributed by atoms with Crippen LogP contribution in [-0.4, -0.2) is 53.3 Å². The summed E-state index contributed by atoms with van der Waals surface area (Å²) in [4.78, 5) is 27.5. The maximum Gasteiger partial charge on any atom is 0.254 e. The Hall–Kier alpha value is -4.30. The second-order valence-electron chi connectivity index (χ2n) is 8.30. The third-order valence-electron chi connectivity index (χ3n) is 5.60. The molecule has 36 heavy (non-hydrogen) atoms. The van der Waals surface area contributed by atoms with Crippen molar-refractivity contribution in [2.75, 3.05) is 32.1 Å². The van der Waals surface area contributed by atoms with E-state index in [4.69, 9.17) is 9.84 Å². The Morgan fingerprint density at radius 1 is 1.00 bits per heavy atom. The van der Waals surface area contributed by atoms with Gasteiger partial charge in [0.25, 0.3) is 5.91 Å². The highest BCUT2D eigenvalue weighted by atomic mass is 19.1. The van der Waals surface area contributed by atoms with Gasteiger partial charge in [-0.15, -0.1) is 0 Å². The van der Waals surface area contributed by atoms with E-state index in [0.717, 1.165) is 16.8 Å². The van der Waals surface area contributed by atoms with Crippen LogP contribution in [0.15, 0.2) is 84.9 Å². The SMILES string of the molecule is COCCN(CC(=O)Nc1cc(-c2ccccc2)nn1-c1ccc(C)cc1)C(=O)c1ccc(F)cc1. The number of hydrogen-bond acceptors (Lipinski definition) is 4. The molecule has 7 nitrogen and oxygen atoms in total. The van der Waals surface area contributed by atoms with Crippen molar-refractivity contribution in [3.8, 4) is 16.9 Å². The first kappa shape index (κ1) is 24.8. The van der Waals surface area contributed by atoms with Crippen LogP contribution < -0.4 is 5.32 Å². The van der Waals surface area contributed by atoms with Crippen LogP contribution in [0.2, 0.25) is 0 Å². The number of anilines is 1. The fourth-order valence-corrected chi connectivity index (χ4v) is 3.69. The molecule has 0 aliphatic rings. The average Bonchev–Trinajstić information content (AvgIpc) is 3.31. The number of carbonyl (C=O) groups is 2. The Kier molecular flexibility index (Phi) is 7.87. The van der Waals surface area contributed by atoms with E-state index >= 15 is 0 Å². The van der Waals surface area contributed by atoms with Crippen LogP contribution in [0.1, 0.15) is 15.9 Å². The molecule has 184 valence electrons. The molecule has 0 fully saturated rings. The smallest absolute Gasteiger partial charge is 0.254 e. The summed E-state index contributed by atoms with van der Waals surface area (Å²) >= 11 is 0. The van der Waals surface area contributed by atoms with Crippen molar-refractivity contribution in [1.29, 1.82) is 0 Å². The lowest BCUT2D eigenvalue weighted by Gasteiger charge is -2.22. The van der Waals surface area contributed by atoms with Crippen molar-refractivity contribution in [3.63, 3.8) is 0 Å². The first-order valence-corrected chi connectivity index (χ1v) is 11.5. The fourth-order valence-electron chi connectivity index (χ4n) is 3.69. The van der Waals surface area contributed by atoms with E-state index in [1.165, 1.54) is 36.3 Å². The number of rotatable bonds is 9. The maximum atomic E-state index is 13.3. The molecule has 1 aromatic heterocycles. The molecular formula is C28H27FN4O3. The minimum Gasteiger partial charge on any atom is -0.383 e. The number of nitrogens with zero attached hydrogens (tertiary/aromatic N) is 3. The summed E-state index contributed by atoms with van der Waals surface area (Å²) in [5, 5.41) is 7.62. The molecule has 1 heterocycles. The summed E-state index contributed by atoms with van der Waals surface area (Å²) < 4.78 is 20.1. The summed E-state index contributed by atoms with van der Waals surface area (Å²) in [6, 6.07) is 24.5. The highest BCUT2D eigenvalue weighted by Crippen LogP contribution is 2.25. The molecule has 1 N–H and O–H groups in total. The first-order chi connectivity index (χ1) is 17.4. The number of amides is 2. The zero-order valence-corrected chi connectivity index (χ0v) is 20.1. The van der Waals surface area contributed by atoms with Crippen LogP contribution in [0, 0.1) is 12.7 Å². The van der Waals surface area contributed by atoms with Gasteiger partial charge in [0.05, 0.1) is 18.0 Å². The van der Waals surface area contributed by atoms with Crippen LogP contribution in [0.3, 0.4) is 0 Å². The van der Waals surface area contributed by atoms with Gasteiger partial charge in [-0.2, -0.15) is 5.10 Å². The Morgan fingerprint density at radius 2 is 1.69 bits per heavy atom. The summed E-state index contributed by atoms with van der Waals surface area (Å²) in [5.74, 6) is -0.747. The maximum absolute atomic E-state index is 13.3. The molecule has 0 spiro atoms. The summed E-state index contributed by atoms with van der Waals surface area (Å²) in [6.07, 6.45) is 0. The molecule has 8 heteroatoms. The Balaban J connectivity index is 1.59. The molecule has 3 aromatic carbocycles. The molecule has 0 saturated heterocycles. The van der Waals surface area contributed by atoms with Gasteiger partial charge in [-0.1, -0.05) is 48.0 Å². The third kappa shape index (κ3) is 6.03. The number of nitrogens with one attached hydrogen (secondary N) is 1. The lowest BCUT2D eigenvalue weighted by Crippen LogP contribution is -2.40. The number of aryl methyl sites for hydroxylation is 1. The predicted octanol–water partition coefficient (Wildman–Crippen LogP) is 4.71. The molecule has 0 unspecified atom stereocenters. The number of methoxy groups -OCH3 is 1. The summed E-state index contributed by atoms with van der Waals surface area (Å²) in [6.45, 7) is 2.24. The topological polar surface area (TPSA) is 76.5 Å². The average molecular weight is 487 g/mol. The van der Waals surface area contributed by atoms with Crippen molar-refractivity contribution in [1.82, 2.24) is 14.7 Å². The third-order valence-corrected chi connectivity index (χ3v) is 5.60. The number of hydrogen-bond donors (Lipinski definition) is 1. The van der Waals surface area contributed by atoms with E-state index in [0.29, 0.717) is 11.5 Å². The fraction of sp³-hybridized carbons (Fsp3) is 0.179. The van der Waals surface area contributed by atoms with Crippen LogP contribution in [0.25, 0.3) is 16.9 Å². The monoisotopic (exact) mass is 486 g/mol. The van der Waals surface area contributed by atoms with Gasteiger partial charge in [0, 0.05) is 30.8 Å². The van der Waals surface area contributed by atoms with Gasteiger partial charge in [0.2, 0.25) is 5.91 Å². The number of halogens is 1. The van der Waals surface area contributed by atoms with Crippen LogP contribution in [-0.2, 0) is 9.53 Å². The highest BCUT2D eigenvalue weighted by molar-refractivity contribution is 5.99. The van der Waals surface area contributed by atoms with E-state index in [2.05, 4.69) is 5.32 Å². The van der Waals surface area contributed by atoms with Gasteiger partial charge in [-0.25, -0.2) is 9.07 Å². The molecule has 0 aliphatic carbocycles. The molecule has 4 aromatic rings. The molecular weight excluding hydrogens is 459 g/mol. The summed E-state index contributed by atoms with van der Waals surface area (Å²) in [7, 11) is 1.52. The first-order valence-electron chi connectivity index (χ1n) is 11.5. The number of carbonyl (C=O) groups excluding carboxylic acids is 2. The second-order valence-corrected chi connectivity index (χ2v) is 8.30. The summed E-state index contributed by atoms with van der Waals surface area (Å²) in [5.41, 5.74) is 3.79. The quantitative estimate of drug-likeness (QED) is 0.372. The molecule has 0 radical (unpaired) electrons. The van der Waals surface area contributed by atoms with Crippen molar-refractivity contribution in [3.05, 3.63) is 102 Å². The lowest BCUT2D eigenvalue weighted by molar-refractivity contribution is -0.117. The number of benzene rings is 3. The van der Waals surface area contributed by atoms with Crippen LogP contribution >= 0.6 is 0 Å². The normalized spacial score (nSPS) is 10.8. The Bertz CT molecular complexity index is 1320. The zero-order chi connectivity index (χ0) is 25.5. The lowest BCUT2D eigenvalue weighted by atomic mass is 10.1. The molecule has 0 atom stereocenters. The van der Waals surface area contributed by atoms with Gasteiger partial charge in [-0.3, -0.25) is 9.59 Å². The van der Waals surface area contributed by atoms with Gasteiger partial charge >= 0.3 is 0 Å².